The lowest BCUT2D eigenvalue weighted by atomic mass is 9.80. The molecule has 0 spiro atoms. The summed E-state index contributed by atoms with van der Waals surface area (Å²) in [6.07, 6.45) is 0.0827. The summed E-state index contributed by atoms with van der Waals surface area (Å²) in [6, 6.07) is 17.2. The molecular formula is C28H33N3O5S. The van der Waals surface area contributed by atoms with Gasteiger partial charge in [-0.05, 0) is 49.4 Å². The van der Waals surface area contributed by atoms with Gasteiger partial charge in [0.25, 0.3) is 5.91 Å². The normalized spacial score (nSPS) is 17.4. The number of amides is 2. The molecule has 0 aromatic heterocycles. The van der Waals surface area contributed by atoms with E-state index in [4.69, 9.17) is 4.74 Å². The lowest BCUT2D eigenvalue weighted by Crippen LogP contribution is -2.56. The molecule has 0 unspecified atom stereocenters. The first-order valence-corrected chi connectivity index (χ1v) is 13.8. The Hall–Kier alpha value is -3.43. The molecule has 2 amide bonds. The predicted molar refractivity (Wildman–Crippen MR) is 144 cm³/mol. The second-order valence-electron chi connectivity index (χ2n) is 10.00. The van der Waals surface area contributed by atoms with Gasteiger partial charge in [-0.15, -0.1) is 0 Å². The summed E-state index contributed by atoms with van der Waals surface area (Å²) in [7, 11) is -3.91. The number of sulfonamides is 1. The lowest BCUT2D eigenvalue weighted by molar-refractivity contribution is 0.0578. The molecule has 9 heteroatoms. The maximum Gasteiger partial charge on any atom is 0.409 e. The van der Waals surface area contributed by atoms with Gasteiger partial charge in [0, 0.05) is 41.2 Å². The highest BCUT2D eigenvalue weighted by Crippen LogP contribution is 2.34. The minimum atomic E-state index is -3.91. The molecule has 0 bridgehead atoms. The standard InChI is InChI=1S/C28H33N3O5S/c1-5-36-27(33)31-17-16-25(28(3,4)18-31)30-37(34,35)24-15-14-23(21-12-8-9-13-22(21)24)29-26(32)20-11-7-6-10-19(20)2/h6-15,25,30H,5,16-18H2,1-4H3,(H,29,32)/t25-/m0/s1. The summed E-state index contributed by atoms with van der Waals surface area (Å²) in [6.45, 7) is 8.58. The fraction of sp³-hybridized carbons (Fsp3) is 0.357. The zero-order valence-electron chi connectivity index (χ0n) is 21.6. The Labute approximate surface area is 218 Å². The predicted octanol–water partition coefficient (Wildman–Crippen LogP) is 4.94. The van der Waals surface area contributed by atoms with Gasteiger partial charge in [-0.1, -0.05) is 56.3 Å². The van der Waals surface area contributed by atoms with Crippen LogP contribution in [0, 0.1) is 12.3 Å². The molecule has 37 heavy (non-hydrogen) atoms. The fourth-order valence-corrected chi connectivity index (χ4v) is 6.48. The average Bonchev–Trinajstić information content (AvgIpc) is 2.85. The van der Waals surface area contributed by atoms with Crippen LogP contribution in [0.5, 0.6) is 0 Å². The van der Waals surface area contributed by atoms with E-state index in [-0.39, 0.29) is 22.9 Å². The fourth-order valence-electron chi connectivity index (χ4n) is 4.83. The molecule has 1 fully saturated rings. The Balaban J connectivity index is 1.60. The number of hydrogen-bond donors (Lipinski definition) is 2. The highest BCUT2D eigenvalue weighted by atomic mass is 32.2. The summed E-state index contributed by atoms with van der Waals surface area (Å²) in [5.74, 6) is -0.257. The number of nitrogens with zero attached hydrogens (tertiary/aromatic N) is 1. The third kappa shape index (κ3) is 5.62. The third-order valence-corrected chi connectivity index (χ3v) is 8.39. The number of aryl methyl sites for hydroxylation is 1. The van der Waals surface area contributed by atoms with E-state index in [1.54, 1.807) is 48.2 Å². The smallest absolute Gasteiger partial charge is 0.409 e. The Morgan fingerprint density at radius 3 is 2.38 bits per heavy atom. The van der Waals surface area contributed by atoms with Crippen LogP contribution in [0.2, 0.25) is 0 Å². The highest BCUT2D eigenvalue weighted by Gasteiger charge is 2.40. The molecule has 1 saturated heterocycles. The van der Waals surface area contributed by atoms with Gasteiger partial charge >= 0.3 is 6.09 Å². The lowest BCUT2D eigenvalue weighted by Gasteiger charge is -2.43. The van der Waals surface area contributed by atoms with E-state index in [0.717, 1.165) is 5.56 Å². The molecule has 0 aliphatic carbocycles. The summed E-state index contributed by atoms with van der Waals surface area (Å²) in [5.41, 5.74) is 1.44. The van der Waals surface area contributed by atoms with Gasteiger partial charge < -0.3 is 15.0 Å². The number of carbonyl (C=O) groups is 2. The van der Waals surface area contributed by atoms with E-state index in [0.29, 0.717) is 48.1 Å². The van der Waals surface area contributed by atoms with Crippen molar-refractivity contribution in [2.45, 2.75) is 45.1 Å². The summed E-state index contributed by atoms with van der Waals surface area (Å²) in [5, 5.41) is 4.08. The van der Waals surface area contributed by atoms with Crippen molar-refractivity contribution in [1.29, 1.82) is 0 Å². The number of piperidine rings is 1. The van der Waals surface area contributed by atoms with Gasteiger partial charge in [-0.3, -0.25) is 4.79 Å². The van der Waals surface area contributed by atoms with Crippen molar-refractivity contribution < 1.29 is 22.7 Å². The molecule has 3 aromatic rings. The van der Waals surface area contributed by atoms with Gasteiger partial charge in [0.05, 0.1) is 11.5 Å². The number of hydrogen-bond acceptors (Lipinski definition) is 5. The van der Waals surface area contributed by atoms with Gasteiger partial charge in [-0.25, -0.2) is 17.9 Å². The highest BCUT2D eigenvalue weighted by molar-refractivity contribution is 7.89. The largest absolute Gasteiger partial charge is 0.450 e. The van der Waals surface area contributed by atoms with Crippen LogP contribution in [-0.4, -0.2) is 51.1 Å². The number of carbonyl (C=O) groups excluding carboxylic acids is 2. The molecule has 1 atom stereocenters. The minimum absolute atomic E-state index is 0.139. The number of fused-ring (bicyclic) bond motifs is 1. The molecule has 8 nitrogen and oxygen atoms in total. The van der Waals surface area contributed by atoms with E-state index in [9.17, 15) is 18.0 Å². The van der Waals surface area contributed by atoms with Gasteiger partial charge in [0.15, 0.2) is 0 Å². The molecule has 3 aromatic carbocycles. The van der Waals surface area contributed by atoms with Crippen LogP contribution in [0.4, 0.5) is 10.5 Å². The number of likely N-dealkylation sites (tertiary alicyclic amines) is 1. The van der Waals surface area contributed by atoms with Crippen molar-refractivity contribution >= 4 is 38.5 Å². The summed E-state index contributed by atoms with van der Waals surface area (Å²) in [4.78, 5) is 26.9. The zero-order valence-corrected chi connectivity index (χ0v) is 22.4. The van der Waals surface area contributed by atoms with Crippen LogP contribution in [0.3, 0.4) is 0 Å². The van der Waals surface area contributed by atoms with Crippen LogP contribution < -0.4 is 10.0 Å². The second-order valence-corrected chi connectivity index (χ2v) is 11.7. The Bertz CT molecular complexity index is 1430. The van der Waals surface area contributed by atoms with E-state index < -0.39 is 15.4 Å². The number of benzene rings is 3. The maximum atomic E-state index is 13.6. The van der Waals surface area contributed by atoms with Crippen molar-refractivity contribution in [3.05, 3.63) is 71.8 Å². The monoisotopic (exact) mass is 523 g/mol. The number of nitrogens with one attached hydrogen (secondary N) is 2. The SMILES string of the molecule is CCOC(=O)N1CC[C@H](NS(=O)(=O)c2ccc(NC(=O)c3ccccc3C)c3ccccc23)C(C)(C)C1. The minimum Gasteiger partial charge on any atom is -0.450 e. The van der Waals surface area contributed by atoms with Crippen molar-refractivity contribution in [3.8, 4) is 0 Å². The molecule has 1 aliphatic heterocycles. The summed E-state index contributed by atoms with van der Waals surface area (Å²) < 4.78 is 35.2. The Kier molecular flexibility index (Phi) is 7.57. The second kappa shape index (κ2) is 10.5. The van der Waals surface area contributed by atoms with Crippen LogP contribution in [0.25, 0.3) is 10.8 Å². The van der Waals surface area contributed by atoms with Crippen molar-refractivity contribution in [3.63, 3.8) is 0 Å². The van der Waals surface area contributed by atoms with Crippen molar-refractivity contribution in [2.75, 3.05) is 25.0 Å². The van der Waals surface area contributed by atoms with Crippen LogP contribution in [-0.2, 0) is 14.8 Å². The zero-order chi connectivity index (χ0) is 26.8. The average molecular weight is 524 g/mol. The quantitative estimate of drug-likeness (QED) is 0.476. The van der Waals surface area contributed by atoms with Crippen LogP contribution in [0.1, 0.15) is 43.1 Å². The molecule has 196 valence electrons. The Morgan fingerprint density at radius 1 is 1.03 bits per heavy atom. The Morgan fingerprint density at radius 2 is 1.70 bits per heavy atom. The van der Waals surface area contributed by atoms with Crippen molar-refractivity contribution in [2.24, 2.45) is 5.41 Å². The molecular weight excluding hydrogens is 490 g/mol. The number of rotatable bonds is 6. The first kappa shape index (κ1) is 26.6. The van der Waals surface area contributed by atoms with E-state index in [1.807, 2.05) is 39.0 Å². The van der Waals surface area contributed by atoms with E-state index in [2.05, 4.69) is 10.0 Å². The van der Waals surface area contributed by atoms with E-state index >= 15 is 0 Å². The first-order chi connectivity index (χ1) is 17.5. The molecule has 2 N–H and O–H groups in total. The van der Waals surface area contributed by atoms with Gasteiger partial charge in [0.2, 0.25) is 10.0 Å². The maximum absolute atomic E-state index is 13.6. The third-order valence-electron chi connectivity index (χ3n) is 6.86. The number of anilines is 1. The first-order valence-electron chi connectivity index (χ1n) is 12.4. The molecule has 4 rings (SSSR count). The molecule has 1 heterocycles. The molecule has 0 radical (unpaired) electrons. The number of ether oxygens (including phenoxy) is 1. The van der Waals surface area contributed by atoms with Gasteiger partial charge in [0.1, 0.15) is 0 Å². The summed E-state index contributed by atoms with van der Waals surface area (Å²) >= 11 is 0. The van der Waals surface area contributed by atoms with E-state index in [1.165, 1.54) is 6.07 Å². The molecule has 0 saturated carbocycles. The topological polar surface area (TPSA) is 105 Å². The van der Waals surface area contributed by atoms with Crippen LogP contribution >= 0.6 is 0 Å². The van der Waals surface area contributed by atoms with Crippen molar-refractivity contribution in [1.82, 2.24) is 9.62 Å². The van der Waals surface area contributed by atoms with Gasteiger partial charge in [-0.2, -0.15) is 0 Å². The van der Waals surface area contributed by atoms with Crippen LogP contribution in [0.15, 0.2) is 65.6 Å². The molecule has 1 aliphatic rings.